The number of hydrogen-bond donors (Lipinski definition) is 0. The van der Waals surface area contributed by atoms with Gasteiger partial charge in [0.05, 0.1) is 11.4 Å². The van der Waals surface area contributed by atoms with Crippen LogP contribution in [0.25, 0.3) is 11.8 Å². The maximum atomic E-state index is 13.7. The molecular weight excluding hydrogens is 436 g/mol. The number of amides is 1. The highest BCUT2D eigenvalue weighted by molar-refractivity contribution is 6.32. The van der Waals surface area contributed by atoms with Crippen molar-refractivity contribution >= 4 is 23.5 Å². The van der Waals surface area contributed by atoms with Crippen LogP contribution in [-0.4, -0.2) is 21.1 Å². The Kier molecular flexibility index (Phi) is 5.85. The van der Waals surface area contributed by atoms with E-state index < -0.39 is 0 Å². The number of anilines is 1. The molecule has 1 amide bonds. The molecule has 0 atom stereocenters. The molecule has 0 aliphatic carbocycles. The molecule has 3 aromatic carbocycles. The number of nitrogens with zero attached hydrogens (tertiary/aromatic N) is 4. The number of benzene rings is 3. The molecule has 1 aliphatic rings. The predicted molar refractivity (Wildman–Crippen MR) is 140 cm³/mol. The van der Waals surface area contributed by atoms with Crippen LogP contribution in [-0.2, 0) is 11.8 Å². The van der Waals surface area contributed by atoms with Gasteiger partial charge in [0.1, 0.15) is 17.2 Å². The lowest BCUT2D eigenvalue weighted by Crippen LogP contribution is -2.36. The first-order valence-corrected chi connectivity index (χ1v) is 11.3. The number of carbonyl (C=O) groups excluding carboxylic acids is 1. The van der Waals surface area contributed by atoms with E-state index >= 15 is 0 Å². The summed E-state index contributed by atoms with van der Waals surface area (Å²) >= 11 is 0. The quantitative estimate of drug-likeness (QED) is 0.399. The molecule has 0 saturated carbocycles. The van der Waals surface area contributed by atoms with Gasteiger partial charge in [-0.05, 0) is 30.7 Å². The van der Waals surface area contributed by atoms with Crippen molar-refractivity contribution in [1.29, 1.82) is 0 Å². The number of hydrogen-bond acceptors (Lipinski definition) is 3. The van der Waals surface area contributed by atoms with Gasteiger partial charge in [0, 0.05) is 12.6 Å². The lowest BCUT2D eigenvalue weighted by atomic mass is 10.2. The van der Waals surface area contributed by atoms with E-state index in [0.717, 1.165) is 16.8 Å². The average Bonchev–Trinajstić information content (AvgIpc) is 3.32. The fourth-order valence-electron chi connectivity index (χ4n) is 4.15. The van der Waals surface area contributed by atoms with E-state index in [1.54, 1.807) is 21.5 Å². The Bertz CT molecular complexity index is 1530. The molecule has 35 heavy (non-hydrogen) atoms. The molecule has 0 spiro atoms. The Morgan fingerprint density at radius 2 is 1.40 bits per heavy atom. The van der Waals surface area contributed by atoms with Crippen LogP contribution in [0.2, 0.25) is 0 Å². The van der Waals surface area contributed by atoms with Crippen molar-refractivity contribution in [2.45, 2.75) is 6.92 Å². The van der Waals surface area contributed by atoms with E-state index in [-0.39, 0.29) is 17.2 Å². The third kappa shape index (κ3) is 4.06. The molecule has 6 heteroatoms. The third-order valence-electron chi connectivity index (χ3n) is 5.98. The van der Waals surface area contributed by atoms with Crippen LogP contribution >= 0.6 is 0 Å². The SMILES string of the molecule is Cc1c(N2C(=O)/C(=C/C=C/c3ccccc3)N=C2c2ccccc2)c(=O)n(-c2ccccc2)n1C. The van der Waals surface area contributed by atoms with Crippen LogP contribution in [0.5, 0.6) is 0 Å². The monoisotopic (exact) mass is 460 g/mol. The molecule has 5 rings (SSSR count). The zero-order valence-corrected chi connectivity index (χ0v) is 19.5. The van der Waals surface area contributed by atoms with Gasteiger partial charge in [0.25, 0.3) is 11.5 Å². The molecule has 4 aromatic rings. The van der Waals surface area contributed by atoms with Crippen LogP contribution in [0.1, 0.15) is 16.8 Å². The number of rotatable bonds is 5. The summed E-state index contributed by atoms with van der Waals surface area (Å²) in [6.07, 6.45) is 5.40. The van der Waals surface area contributed by atoms with E-state index in [1.807, 2.05) is 111 Å². The molecular formula is C29H24N4O2. The van der Waals surface area contributed by atoms with E-state index in [9.17, 15) is 9.59 Å². The minimum atomic E-state index is -0.340. The van der Waals surface area contributed by atoms with Gasteiger partial charge in [0.15, 0.2) is 0 Å². The maximum Gasteiger partial charge on any atom is 0.296 e. The molecule has 0 fully saturated rings. The van der Waals surface area contributed by atoms with Crippen LogP contribution in [0.4, 0.5) is 5.69 Å². The molecule has 1 aromatic heterocycles. The molecule has 0 radical (unpaired) electrons. The molecule has 1 aliphatic heterocycles. The topological polar surface area (TPSA) is 59.6 Å². The first kappa shape index (κ1) is 22.1. The van der Waals surface area contributed by atoms with Gasteiger partial charge in [-0.15, -0.1) is 0 Å². The number of para-hydroxylation sites is 1. The summed E-state index contributed by atoms with van der Waals surface area (Å²) in [5.74, 6) is 0.0912. The third-order valence-corrected chi connectivity index (χ3v) is 5.98. The van der Waals surface area contributed by atoms with Gasteiger partial charge < -0.3 is 0 Å². The fourth-order valence-corrected chi connectivity index (χ4v) is 4.15. The number of amidine groups is 1. The molecule has 0 bridgehead atoms. The van der Waals surface area contributed by atoms with Crippen molar-refractivity contribution in [1.82, 2.24) is 9.36 Å². The lowest BCUT2D eigenvalue weighted by Gasteiger charge is -2.17. The first-order valence-electron chi connectivity index (χ1n) is 11.3. The summed E-state index contributed by atoms with van der Waals surface area (Å²) in [7, 11) is 1.81. The van der Waals surface area contributed by atoms with Crippen molar-refractivity contribution in [3.05, 3.63) is 136 Å². The maximum absolute atomic E-state index is 13.7. The number of aromatic nitrogens is 2. The van der Waals surface area contributed by atoms with Gasteiger partial charge in [0.2, 0.25) is 0 Å². The number of allylic oxidation sites excluding steroid dienone is 2. The summed E-state index contributed by atoms with van der Waals surface area (Å²) in [6.45, 7) is 1.84. The Morgan fingerprint density at radius 1 is 0.800 bits per heavy atom. The van der Waals surface area contributed by atoms with Crippen LogP contribution in [0.15, 0.2) is 119 Å². The second-order valence-corrected chi connectivity index (χ2v) is 8.17. The second-order valence-electron chi connectivity index (χ2n) is 8.17. The fraction of sp³-hybridized carbons (Fsp3) is 0.0690. The Labute approximate surface area is 203 Å². The number of carbonyl (C=O) groups is 1. The van der Waals surface area contributed by atoms with Crippen molar-refractivity contribution in [3.8, 4) is 5.69 Å². The number of aliphatic imine (C=N–C) groups is 1. The normalized spacial score (nSPS) is 14.8. The highest BCUT2D eigenvalue weighted by Gasteiger charge is 2.36. The Morgan fingerprint density at radius 3 is 2.06 bits per heavy atom. The summed E-state index contributed by atoms with van der Waals surface area (Å²) < 4.78 is 3.33. The van der Waals surface area contributed by atoms with Crippen molar-refractivity contribution < 1.29 is 4.79 Å². The van der Waals surface area contributed by atoms with Gasteiger partial charge in [-0.25, -0.2) is 9.67 Å². The zero-order valence-electron chi connectivity index (χ0n) is 19.5. The largest absolute Gasteiger partial charge is 0.296 e. The van der Waals surface area contributed by atoms with Gasteiger partial charge in [-0.2, -0.15) is 0 Å². The molecule has 0 unspecified atom stereocenters. The molecule has 2 heterocycles. The Balaban J connectivity index is 1.63. The first-order chi connectivity index (χ1) is 17.1. The predicted octanol–water partition coefficient (Wildman–Crippen LogP) is 4.88. The summed E-state index contributed by atoms with van der Waals surface area (Å²) in [6, 6.07) is 28.7. The molecule has 0 N–H and O–H groups in total. The molecule has 6 nitrogen and oxygen atoms in total. The van der Waals surface area contributed by atoms with E-state index in [1.165, 1.54) is 4.90 Å². The second kappa shape index (κ2) is 9.27. The van der Waals surface area contributed by atoms with E-state index in [4.69, 9.17) is 0 Å². The van der Waals surface area contributed by atoms with Crippen LogP contribution in [0.3, 0.4) is 0 Å². The minimum Gasteiger partial charge on any atom is -0.283 e. The lowest BCUT2D eigenvalue weighted by molar-refractivity contribution is -0.113. The van der Waals surface area contributed by atoms with Crippen molar-refractivity contribution in [3.63, 3.8) is 0 Å². The molecule has 172 valence electrons. The van der Waals surface area contributed by atoms with Crippen LogP contribution in [0, 0.1) is 6.92 Å². The standard InChI is InChI=1S/C29H24N4O2/c1-21-26(29(35)33(31(21)2)24-18-10-5-11-19-24)32-27(23-16-8-4-9-17-23)30-25(28(32)34)20-12-15-22-13-6-3-7-14-22/h3-20H,1-2H3/b15-12+,25-20-. The van der Waals surface area contributed by atoms with Crippen molar-refractivity contribution in [2.75, 3.05) is 4.90 Å². The highest BCUT2D eigenvalue weighted by Crippen LogP contribution is 2.28. The zero-order chi connectivity index (χ0) is 24.4. The minimum absolute atomic E-state index is 0.268. The highest BCUT2D eigenvalue weighted by atomic mass is 16.2. The van der Waals surface area contributed by atoms with E-state index in [2.05, 4.69) is 4.99 Å². The average molecular weight is 461 g/mol. The van der Waals surface area contributed by atoms with E-state index in [0.29, 0.717) is 17.2 Å². The Hall–Kier alpha value is -4.71. The van der Waals surface area contributed by atoms with Gasteiger partial charge in [-0.3, -0.25) is 19.2 Å². The molecule has 0 saturated heterocycles. The van der Waals surface area contributed by atoms with Crippen LogP contribution < -0.4 is 10.5 Å². The summed E-state index contributed by atoms with van der Waals surface area (Å²) in [5, 5.41) is 0. The summed E-state index contributed by atoms with van der Waals surface area (Å²) in [4.78, 5) is 33.4. The summed E-state index contributed by atoms with van der Waals surface area (Å²) in [5.41, 5.74) is 3.44. The smallest absolute Gasteiger partial charge is 0.283 e. The van der Waals surface area contributed by atoms with Gasteiger partial charge >= 0.3 is 0 Å². The van der Waals surface area contributed by atoms with Gasteiger partial charge in [-0.1, -0.05) is 91.0 Å². The van der Waals surface area contributed by atoms with Crippen molar-refractivity contribution in [2.24, 2.45) is 12.0 Å².